The number of nitrogens with one attached hydrogen (secondary N) is 5. The molecule has 2 unspecified atom stereocenters. The third-order valence-electron chi connectivity index (χ3n) is 10.9. The van der Waals surface area contributed by atoms with Crippen LogP contribution in [0.25, 0.3) is 0 Å². The summed E-state index contributed by atoms with van der Waals surface area (Å²) in [5, 5.41) is 12.1. The molecule has 0 aromatic heterocycles. The van der Waals surface area contributed by atoms with Gasteiger partial charge in [-0.2, -0.15) is 17.2 Å². The number of rotatable bonds is 21. The van der Waals surface area contributed by atoms with Crippen LogP contribution in [0.1, 0.15) is 83.6 Å². The highest BCUT2D eigenvalue weighted by Gasteiger charge is 2.42. The molecule has 3 aromatic rings. The van der Waals surface area contributed by atoms with Crippen molar-refractivity contribution in [3.8, 4) is 11.8 Å². The average Bonchev–Trinajstić information content (AvgIpc) is 3.99. The van der Waals surface area contributed by atoms with Gasteiger partial charge in [0.15, 0.2) is 0 Å². The molecule has 5 N–H and O–H groups in total. The Bertz CT molecular complexity index is 2010. The van der Waals surface area contributed by atoms with Crippen LogP contribution in [0, 0.1) is 11.8 Å². The molecule has 5 amide bonds. The van der Waals surface area contributed by atoms with Crippen LogP contribution in [0.3, 0.4) is 0 Å². The smallest absolute Gasteiger partial charge is 0.407 e. The summed E-state index contributed by atoms with van der Waals surface area (Å²) in [6.45, 7) is 3.45. The Morgan fingerprint density at radius 3 is 2.38 bits per heavy atom. The van der Waals surface area contributed by atoms with Gasteiger partial charge in [-0.15, -0.1) is 0 Å². The first kappa shape index (κ1) is 43.0. The topological polar surface area (TPSA) is 169 Å². The molecular formula is C45H54N6O8S. The van der Waals surface area contributed by atoms with Gasteiger partial charge in [0.25, 0.3) is 5.91 Å². The van der Waals surface area contributed by atoms with E-state index in [1.54, 1.807) is 4.90 Å². The number of para-hydroxylation sites is 1. The van der Waals surface area contributed by atoms with E-state index >= 15 is 0 Å². The van der Waals surface area contributed by atoms with Crippen LogP contribution in [0.2, 0.25) is 0 Å². The fourth-order valence-corrected chi connectivity index (χ4v) is 9.26. The highest BCUT2D eigenvalue weighted by Crippen LogP contribution is 2.33. The molecular weight excluding hydrogens is 785 g/mol. The molecule has 3 fully saturated rings. The number of alkyl carbamates (subject to hydrolysis) is 1. The van der Waals surface area contributed by atoms with E-state index in [1.165, 1.54) is 0 Å². The van der Waals surface area contributed by atoms with Gasteiger partial charge < -0.3 is 40.4 Å². The molecule has 15 heteroatoms. The molecule has 0 aliphatic carbocycles. The first-order valence-electron chi connectivity index (χ1n) is 20.9. The Kier molecular flexibility index (Phi) is 15.7. The Morgan fingerprint density at radius 1 is 0.833 bits per heavy atom. The Balaban J connectivity index is 0.689. The van der Waals surface area contributed by atoms with E-state index in [2.05, 4.69) is 38.6 Å². The average molecular weight is 839 g/mol. The molecule has 14 nitrogen and oxygen atoms in total. The summed E-state index contributed by atoms with van der Waals surface area (Å²) in [5.41, 5.74) is 7.88. The van der Waals surface area contributed by atoms with Gasteiger partial charge in [-0.05, 0) is 67.5 Å². The number of hydrogen-bond donors (Lipinski definition) is 5. The number of carbonyl (C=O) groups is 4. The minimum Gasteiger partial charge on any atom is -0.445 e. The summed E-state index contributed by atoms with van der Waals surface area (Å²) in [6.07, 6.45) is 4.64. The molecule has 4 aliphatic heterocycles. The Morgan fingerprint density at radius 2 is 1.57 bits per heavy atom. The van der Waals surface area contributed by atoms with E-state index in [0.29, 0.717) is 81.7 Å². The summed E-state index contributed by atoms with van der Waals surface area (Å²) in [6, 6.07) is 23.3. The second kappa shape index (κ2) is 21.9. The molecule has 3 aromatic carbocycles. The second-order valence-electron chi connectivity index (χ2n) is 15.3. The van der Waals surface area contributed by atoms with E-state index < -0.39 is 6.09 Å². The minimum absolute atomic E-state index is 0.0619. The summed E-state index contributed by atoms with van der Waals surface area (Å²) in [4.78, 5) is 57.5. The predicted octanol–water partition coefficient (Wildman–Crippen LogP) is 4.96. The quantitative estimate of drug-likeness (QED) is 0.0562. The van der Waals surface area contributed by atoms with Crippen molar-refractivity contribution in [2.45, 2.75) is 81.0 Å². The summed E-state index contributed by atoms with van der Waals surface area (Å²) < 4.78 is 16.6. The van der Waals surface area contributed by atoms with Crippen LogP contribution >= 0.6 is 11.8 Å². The maximum Gasteiger partial charge on any atom is 0.407 e. The number of anilines is 1. The number of fused-ring (bicyclic) bond motifs is 3. The van der Waals surface area contributed by atoms with Crippen molar-refractivity contribution in [1.82, 2.24) is 26.7 Å². The number of hydroxylamine groups is 1. The lowest BCUT2D eigenvalue weighted by molar-refractivity contribution is -0.121. The van der Waals surface area contributed by atoms with Crippen LogP contribution in [0.5, 0.6) is 0 Å². The van der Waals surface area contributed by atoms with Gasteiger partial charge in [-0.3, -0.25) is 14.4 Å². The van der Waals surface area contributed by atoms with Crippen LogP contribution < -0.4 is 31.6 Å². The van der Waals surface area contributed by atoms with E-state index in [1.807, 2.05) is 84.6 Å². The Labute approximate surface area is 355 Å². The lowest BCUT2D eigenvalue weighted by Crippen LogP contribution is -2.39. The predicted molar refractivity (Wildman–Crippen MR) is 228 cm³/mol. The molecule has 3 saturated heterocycles. The van der Waals surface area contributed by atoms with E-state index in [9.17, 15) is 19.2 Å². The van der Waals surface area contributed by atoms with Crippen molar-refractivity contribution in [2.75, 3.05) is 56.7 Å². The SMILES string of the molecule is O=C(CCCC[C@@H]1SC[C@@H]2NC(=O)N[C@@H]21)NCCCOCCOCCCNC(=O)OCc1ccc(C2CC(CN3C(=O)c4ccccc4C#Cc4ccccc43)ON2)cc1. The van der Waals surface area contributed by atoms with Gasteiger partial charge in [0, 0.05) is 54.9 Å². The molecule has 4 aliphatic rings. The lowest BCUT2D eigenvalue weighted by Gasteiger charge is -2.27. The number of thioether (sulfide) groups is 1. The fourth-order valence-electron chi connectivity index (χ4n) is 7.72. The number of unbranched alkanes of at least 4 members (excludes halogenated alkanes) is 1. The Hall–Kier alpha value is -5.11. The number of nitrogens with zero attached hydrogens (tertiary/aromatic N) is 1. The zero-order valence-electron chi connectivity index (χ0n) is 33.8. The van der Waals surface area contributed by atoms with Crippen molar-refractivity contribution >= 4 is 41.4 Å². The highest BCUT2D eigenvalue weighted by molar-refractivity contribution is 8.00. The van der Waals surface area contributed by atoms with Crippen molar-refractivity contribution in [1.29, 1.82) is 0 Å². The van der Waals surface area contributed by atoms with Gasteiger partial charge in [0.2, 0.25) is 5.91 Å². The molecule has 0 radical (unpaired) electrons. The largest absolute Gasteiger partial charge is 0.445 e. The van der Waals surface area contributed by atoms with Gasteiger partial charge in [0.05, 0.1) is 55.2 Å². The van der Waals surface area contributed by atoms with Crippen LogP contribution in [0.4, 0.5) is 15.3 Å². The molecule has 318 valence electrons. The number of urea groups is 1. The number of ether oxygens (including phenoxy) is 3. The molecule has 0 spiro atoms. The summed E-state index contributed by atoms with van der Waals surface area (Å²) in [7, 11) is 0. The zero-order valence-corrected chi connectivity index (χ0v) is 34.6. The fraction of sp³-hybridized carbons (Fsp3) is 0.467. The number of carbonyl (C=O) groups excluding carboxylic acids is 4. The first-order valence-corrected chi connectivity index (χ1v) is 22.0. The zero-order chi connectivity index (χ0) is 41.5. The van der Waals surface area contributed by atoms with E-state index in [-0.39, 0.29) is 48.7 Å². The normalized spacial score (nSPS) is 21.3. The maximum atomic E-state index is 13.8. The molecule has 0 saturated carbocycles. The third-order valence-corrected chi connectivity index (χ3v) is 12.4. The van der Waals surface area contributed by atoms with Crippen LogP contribution in [0.15, 0.2) is 72.8 Å². The van der Waals surface area contributed by atoms with Crippen molar-refractivity contribution in [2.24, 2.45) is 0 Å². The summed E-state index contributed by atoms with van der Waals surface area (Å²) >= 11 is 1.90. The van der Waals surface area contributed by atoms with Gasteiger partial charge in [0.1, 0.15) is 6.61 Å². The standard InChI is InChI=1S/C45H54N6O8S/c52-41(14-6-5-13-40-42-38(30-60-40)48-44(54)49-42)46-21-7-23-56-25-26-57-24-8-22-47-45(55)58-29-31-15-17-33(18-16-31)37-27-35(59-50-37)28-51-39-12-4-2-10-34(39)20-19-32-9-1-3-11-36(32)43(51)53/h1-4,9-12,15-18,35,37-38,40,42,50H,5-8,13-14,21-30H2,(H,46,52)(H,47,55)(H2,48,49,54)/t35?,37?,38-,40-,42-/m0/s1. The molecule has 60 heavy (non-hydrogen) atoms. The monoisotopic (exact) mass is 838 g/mol. The third kappa shape index (κ3) is 12.0. The second-order valence-corrected chi connectivity index (χ2v) is 16.5. The van der Waals surface area contributed by atoms with Crippen LogP contribution in [-0.4, -0.2) is 99.2 Å². The van der Waals surface area contributed by atoms with Crippen molar-refractivity contribution in [3.05, 3.63) is 101 Å². The molecule has 7 rings (SSSR count). The molecule has 4 heterocycles. The van der Waals surface area contributed by atoms with Crippen molar-refractivity contribution < 1.29 is 38.2 Å². The minimum atomic E-state index is -0.489. The maximum absolute atomic E-state index is 13.8. The van der Waals surface area contributed by atoms with E-state index in [4.69, 9.17) is 19.0 Å². The number of hydrogen-bond acceptors (Lipinski definition) is 10. The summed E-state index contributed by atoms with van der Waals surface area (Å²) in [5.74, 6) is 7.30. The number of benzene rings is 3. The van der Waals surface area contributed by atoms with Crippen LogP contribution in [-0.2, 0) is 30.4 Å². The van der Waals surface area contributed by atoms with Gasteiger partial charge in [-0.25, -0.2) is 9.59 Å². The highest BCUT2D eigenvalue weighted by atomic mass is 32.2. The lowest BCUT2D eigenvalue weighted by atomic mass is 9.99. The van der Waals surface area contributed by atoms with Gasteiger partial charge in [-0.1, -0.05) is 66.8 Å². The number of amides is 5. The molecule has 5 atom stereocenters. The van der Waals surface area contributed by atoms with Crippen molar-refractivity contribution in [3.63, 3.8) is 0 Å². The molecule has 0 bridgehead atoms. The first-order chi connectivity index (χ1) is 29.4. The van der Waals surface area contributed by atoms with Gasteiger partial charge >= 0.3 is 12.1 Å². The van der Waals surface area contributed by atoms with E-state index in [0.717, 1.165) is 53.8 Å².